The summed E-state index contributed by atoms with van der Waals surface area (Å²) >= 11 is 0. The fourth-order valence-electron chi connectivity index (χ4n) is 1.52. The van der Waals surface area contributed by atoms with Crippen molar-refractivity contribution >= 4 is 5.96 Å². The molecule has 5 nitrogen and oxygen atoms in total. The number of likely N-dealkylation sites (tertiary alicyclic amines) is 1. The Hall–Kier alpha value is -0.810. The fraction of sp³-hybridized carbons (Fsp3) is 0.889. The third-order valence-corrected chi connectivity index (χ3v) is 2.32. The van der Waals surface area contributed by atoms with Gasteiger partial charge in [0.2, 0.25) is 0 Å². The van der Waals surface area contributed by atoms with Gasteiger partial charge in [-0.2, -0.15) is 0 Å². The van der Waals surface area contributed by atoms with E-state index in [1.807, 2.05) is 0 Å². The number of guanidine groups is 1. The van der Waals surface area contributed by atoms with Gasteiger partial charge in [-0.1, -0.05) is 0 Å². The highest BCUT2D eigenvalue weighted by atomic mass is 16.3. The van der Waals surface area contributed by atoms with Crippen LogP contribution in [-0.2, 0) is 0 Å². The number of nitrogens with two attached hydrogens (primary N) is 1. The number of hydrogen-bond donors (Lipinski definition) is 3. The molecule has 0 aromatic heterocycles. The normalized spacial score (nSPS) is 18.6. The number of nitrogens with one attached hydrogen (secondary N) is 1. The van der Waals surface area contributed by atoms with Crippen LogP contribution in [-0.4, -0.2) is 48.9 Å². The summed E-state index contributed by atoms with van der Waals surface area (Å²) in [5.74, 6) is 0.620. The number of aliphatic hydroxyl groups is 1. The van der Waals surface area contributed by atoms with Crippen LogP contribution in [0.4, 0.5) is 0 Å². The minimum atomic E-state index is 0.138. The molecule has 0 aromatic rings. The number of aliphatic hydroxyl groups excluding tert-OH is 1. The van der Waals surface area contributed by atoms with Crippen LogP contribution in [0.1, 0.15) is 19.3 Å². The first-order valence-electron chi connectivity index (χ1n) is 5.21. The van der Waals surface area contributed by atoms with Crippen molar-refractivity contribution in [1.29, 1.82) is 0 Å². The molecule has 0 bridgehead atoms. The zero-order valence-corrected chi connectivity index (χ0v) is 8.58. The Balaban J connectivity index is 2.20. The Morgan fingerprint density at radius 2 is 2.07 bits per heavy atom. The summed E-state index contributed by atoms with van der Waals surface area (Å²) in [6.45, 7) is 3.24. The van der Waals surface area contributed by atoms with Crippen LogP contribution in [0.3, 0.4) is 0 Å². The lowest BCUT2D eigenvalue weighted by molar-refractivity contribution is 0.292. The van der Waals surface area contributed by atoms with Gasteiger partial charge < -0.3 is 15.7 Å². The lowest BCUT2D eigenvalue weighted by Crippen LogP contribution is -2.41. The second-order valence-corrected chi connectivity index (χ2v) is 3.45. The standard InChI is InChI=1S/C9H20N4O/c10-9(12-8-11-4-7-14)13-5-2-1-3-6-13/h11,14H,1-8H2,(H2,10,12). The van der Waals surface area contributed by atoms with Crippen molar-refractivity contribution in [1.82, 2.24) is 10.2 Å². The molecule has 1 rings (SSSR count). The van der Waals surface area contributed by atoms with Gasteiger partial charge in [-0.15, -0.1) is 0 Å². The molecule has 0 aliphatic carbocycles. The van der Waals surface area contributed by atoms with E-state index in [1.165, 1.54) is 19.3 Å². The number of hydrogen-bond acceptors (Lipinski definition) is 3. The van der Waals surface area contributed by atoms with Crippen molar-refractivity contribution in [2.75, 3.05) is 32.9 Å². The first-order chi connectivity index (χ1) is 6.84. The van der Waals surface area contributed by atoms with Gasteiger partial charge in [-0.3, -0.25) is 5.32 Å². The average Bonchev–Trinajstić information content (AvgIpc) is 2.25. The van der Waals surface area contributed by atoms with E-state index in [9.17, 15) is 0 Å². The maximum absolute atomic E-state index is 8.53. The Labute approximate surface area is 85.0 Å². The molecule has 0 spiro atoms. The molecule has 14 heavy (non-hydrogen) atoms. The van der Waals surface area contributed by atoms with Crippen LogP contribution in [0, 0.1) is 0 Å². The highest BCUT2D eigenvalue weighted by molar-refractivity contribution is 5.78. The van der Waals surface area contributed by atoms with Gasteiger partial charge in [0.1, 0.15) is 0 Å². The summed E-state index contributed by atoms with van der Waals surface area (Å²) < 4.78 is 0. The highest BCUT2D eigenvalue weighted by Crippen LogP contribution is 2.07. The Morgan fingerprint density at radius 3 is 2.71 bits per heavy atom. The van der Waals surface area contributed by atoms with E-state index >= 15 is 0 Å². The van der Waals surface area contributed by atoms with Gasteiger partial charge in [-0.25, -0.2) is 4.99 Å². The lowest BCUT2D eigenvalue weighted by atomic mass is 10.1. The van der Waals surface area contributed by atoms with E-state index < -0.39 is 0 Å². The summed E-state index contributed by atoms with van der Waals surface area (Å²) in [6.07, 6.45) is 3.72. The molecule has 0 amide bonds. The minimum Gasteiger partial charge on any atom is -0.395 e. The van der Waals surface area contributed by atoms with E-state index in [4.69, 9.17) is 10.8 Å². The number of nitrogens with zero attached hydrogens (tertiary/aromatic N) is 2. The van der Waals surface area contributed by atoms with Gasteiger partial charge >= 0.3 is 0 Å². The van der Waals surface area contributed by atoms with Gasteiger partial charge in [0.15, 0.2) is 5.96 Å². The predicted molar refractivity (Wildman–Crippen MR) is 57.0 cm³/mol. The SMILES string of the molecule is NC(=NCNCCO)N1CCCCC1. The Kier molecular flexibility index (Phi) is 5.32. The predicted octanol–water partition coefficient (Wildman–Crippen LogP) is -0.674. The van der Waals surface area contributed by atoms with Gasteiger partial charge in [0, 0.05) is 19.6 Å². The number of rotatable bonds is 4. The molecule has 5 heteroatoms. The van der Waals surface area contributed by atoms with Gasteiger partial charge in [0.25, 0.3) is 0 Å². The van der Waals surface area contributed by atoms with Gasteiger partial charge in [-0.05, 0) is 19.3 Å². The quantitative estimate of drug-likeness (QED) is 0.319. The summed E-state index contributed by atoms with van der Waals surface area (Å²) in [5.41, 5.74) is 5.80. The van der Waals surface area contributed by atoms with E-state index in [0.29, 0.717) is 19.2 Å². The molecule has 1 aliphatic heterocycles. The van der Waals surface area contributed by atoms with Crippen LogP contribution in [0.25, 0.3) is 0 Å². The molecule has 0 unspecified atom stereocenters. The zero-order chi connectivity index (χ0) is 10.2. The van der Waals surface area contributed by atoms with Crippen molar-refractivity contribution < 1.29 is 5.11 Å². The van der Waals surface area contributed by atoms with Crippen molar-refractivity contribution in [2.45, 2.75) is 19.3 Å². The average molecular weight is 200 g/mol. The van der Waals surface area contributed by atoms with Crippen LogP contribution in [0.5, 0.6) is 0 Å². The van der Waals surface area contributed by atoms with E-state index in [-0.39, 0.29) is 6.61 Å². The summed E-state index contributed by atoms with van der Waals surface area (Å²) in [6, 6.07) is 0. The molecule has 82 valence electrons. The molecular weight excluding hydrogens is 180 g/mol. The highest BCUT2D eigenvalue weighted by Gasteiger charge is 2.10. The molecule has 1 aliphatic rings. The minimum absolute atomic E-state index is 0.138. The van der Waals surface area contributed by atoms with Crippen molar-refractivity contribution in [2.24, 2.45) is 10.7 Å². The first-order valence-corrected chi connectivity index (χ1v) is 5.21. The Morgan fingerprint density at radius 1 is 1.36 bits per heavy atom. The van der Waals surface area contributed by atoms with E-state index in [1.54, 1.807) is 0 Å². The topological polar surface area (TPSA) is 73.9 Å². The van der Waals surface area contributed by atoms with Crippen molar-refractivity contribution in [3.8, 4) is 0 Å². The summed E-state index contributed by atoms with van der Waals surface area (Å²) in [4.78, 5) is 6.30. The largest absolute Gasteiger partial charge is 0.395 e. The molecule has 4 N–H and O–H groups in total. The molecule has 0 aromatic carbocycles. The second kappa shape index (κ2) is 6.62. The van der Waals surface area contributed by atoms with E-state index in [0.717, 1.165) is 13.1 Å². The third kappa shape index (κ3) is 3.93. The summed E-state index contributed by atoms with van der Waals surface area (Å²) in [7, 11) is 0. The lowest BCUT2D eigenvalue weighted by Gasteiger charge is -2.27. The van der Waals surface area contributed by atoms with Crippen molar-refractivity contribution in [3.63, 3.8) is 0 Å². The zero-order valence-electron chi connectivity index (χ0n) is 8.58. The molecule has 0 atom stereocenters. The molecule has 0 saturated carbocycles. The molecule has 1 saturated heterocycles. The van der Waals surface area contributed by atoms with Crippen LogP contribution in [0.2, 0.25) is 0 Å². The monoisotopic (exact) mass is 200 g/mol. The second-order valence-electron chi connectivity index (χ2n) is 3.45. The smallest absolute Gasteiger partial charge is 0.192 e. The Bertz CT molecular complexity index is 178. The maximum Gasteiger partial charge on any atom is 0.192 e. The third-order valence-electron chi connectivity index (χ3n) is 2.32. The van der Waals surface area contributed by atoms with Crippen LogP contribution >= 0.6 is 0 Å². The maximum atomic E-state index is 8.53. The fourth-order valence-corrected chi connectivity index (χ4v) is 1.52. The summed E-state index contributed by atoms with van der Waals surface area (Å²) in [5, 5.41) is 11.5. The van der Waals surface area contributed by atoms with Gasteiger partial charge in [0.05, 0.1) is 13.3 Å². The molecular formula is C9H20N4O. The molecule has 0 radical (unpaired) electrons. The number of aliphatic imine (C=N–C) groups is 1. The van der Waals surface area contributed by atoms with Crippen LogP contribution < -0.4 is 11.1 Å². The first kappa shape index (κ1) is 11.3. The van der Waals surface area contributed by atoms with E-state index in [2.05, 4.69) is 15.2 Å². The number of piperidine rings is 1. The van der Waals surface area contributed by atoms with Crippen molar-refractivity contribution in [3.05, 3.63) is 0 Å². The van der Waals surface area contributed by atoms with Crippen LogP contribution in [0.15, 0.2) is 4.99 Å². The molecule has 1 heterocycles. The molecule has 1 fully saturated rings.